The number of amides is 1. The van der Waals surface area contributed by atoms with E-state index in [0.29, 0.717) is 30.4 Å². The number of benzene rings is 2. The van der Waals surface area contributed by atoms with Crippen LogP contribution in [0.3, 0.4) is 0 Å². The van der Waals surface area contributed by atoms with Crippen molar-refractivity contribution in [3.8, 4) is 11.5 Å². The van der Waals surface area contributed by atoms with Gasteiger partial charge in [-0.25, -0.2) is 4.39 Å². The lowest BCUT2D eigenvalue weighted by atomic mass is 9.95. The van der Waals surface area contributed by atoms with E-state index in [0.717, 1.165) is 12.1 Å². The van der Waals surface area contributed by atoms with Crippen molar-refractivity contribution >= 4 is 5.91 Å². The molecule has 156 valence electrons. The van der Waals surface area contributed by atoms with Gasteiger partial charge in [0.15, 0.2) is 0 Å². The van der Waals surface area contributed by atoms with E-state index < -0.39 is 0 Å². The van der Waals surface area contributed by atoms with Crippen molar-refractivity contribution in [2.45, 2.75) is 12.3 Å². The molecule has 0 saturated carbocycles. The molecule has 30 heavy (non-hydrogen) atoms. The maximum Gasteiger partial charge on any atom is 0.247 e. The summed E-state index contributed by atoms with van der Waals surface area (Å²) in [5.74, 6) is 0.688. The summed E-state index contributed by atoms with van der Waals surface area (Å²) in [5.41, 5.74) is 1.28. The Morgan fingerprint density at radius 3 is 2.57 bits per heavy atom. The highest BCUT2D eigenvalue weighted by Gasteiger charge is 2.39. The van der Waals surface area contributed by atoms with Crippen LogP contribution in [0.25, 0.3) is 11.5 Å². The van der Waals surface area contributed by atoms with Crippen LogP contribution in [0.1, 0.15) is 17.4 Å². The van der Waals surface area contributed by atoms with Gasteiger partial charge in [0.25, 0.3) is 0 Å². The Bertz CT molecular complexity index is 1010. The topological polar surface area (TPSA) is 62.5 Å². The fourth-order valence-corrected chi connectivity index (χ4v) is 4.01. The molecule has 1 aliphatic heterocycles. The average molecular weight is 408 g/mol. The van der Waals surface area contributed by atoms with Gasteiger partial charge < -0.3 is 14.2 Å². The zero-order valence-electron chi connectivity index (χ0n) is 17.2. The van der Waals surface area contributed by atoms with E-state index in [9.17, 15) is 9.18 Å². The molecule has 0 N–H and O–H groups in total. The van der Waals surface area contributed by atoms with Crippen molar-refractivity contribution in [1.82, 2.24) is 20.0 Å². The zero-order valence-corrected chi connectivity index (χ0v) is 17.2. The molecule has 1 saturated heterocycles. The van der Waals surface area contributed by atoms with Crippen molar-refractivity contribution in [3.05, 3.63) is 71.9 Å². The summed E-state index contributed by atoms with van der Waals surface area (Å²) in [6, 6.07) is 16.0. The van der Waals surface area contributed by atoms with Gasteiger partial charge in [0.2, 0.25) is 17.7 Å². The molecule has 0 aliphatic carbocycles. The number of carbonyl (C=O) groups is 1. The average Bonchev–Trinajstić information content (AvgIpc) is 3.37. The predicted molar refractivity (Wildman–Crippen MR) is 111 cm³/mol. The maximum atomic E-state index is 14.0. The summed E-state index contributed by atoms with van der Waals surface area (Å²) in [6.07, 6.45) is 0.0488. The summed E-state index contributed by atoms with van der Waals surface area (Å²) in [4.78, 5) is 16.8. The minimum absolute atomic E-state index is 0.0488. The van der Waals surface area contributed by atoms with Gasteiger partial charge >= 0.3 is 0 Å². The van der Waals surface area contributed by atoms with Crippen molar-refractivity contribution in [2.24, 2.45) is 5.92 Å². The van der Waals surface area contributed by atoms with Gasteiger partial charge in [-0.3, -0.25) is 4.79 Å². The number of aromatic nitrogens is 2. The quantitative estimate of drug-likeness (QED) is 0.627. The molecule has 1 fully saturated rings. The Kier molecular flexibility index (Phi) is 5.90. The van der Waals surface area contributed by atoms with Crippen LogP contribution in [-0.4, -0.2) is 59.6 Å². The summed E-state index contributed by atoms with van der Waals surface area (Å²) in [6.45, 7) is 1.86. The van der Waals surface area contributed by atoms with Crippen LogP contribution in [0.2, 0.25) is 0 Å². The summed E-state index contributed by atoms with van der Waals surface area (Å²) >= 11 is 0. The molecule has 1 amide bonds. The highest BCUT2D eigenvalue weighted by molar-refractivity contribution is 5.79. The van der Waals surface area contributed by atoms with Gasteiger partial charge in [0.05, 0.1) is 12.3 Å². The Morgan fingerprint density at radius 2 is 1.83 bits per heavy atom. The normalized spacial score (nSPS) is 18.9. The van der Waals surface area contributed by atoms with E-state index in [4.69, 9.17) is 4.42 Å². The summed E-state index contributed by atoms with van der Waals surface area (Å²) < 4.78 is 20.0. The first-order valence-electron chi connectivity index (χ1n) is 10.1. The number of carbonyl (C=O) groups excluding carboxylic acids is 1. The second-order valence-corrected chi connectivity index (χ2v) is 8.01. The maximum absolute atomic E-state index is 14.0. The third-order valence-corrected chi connectivity index (χ3v) is 5.47. The number of rotatable bonds is 6. The molecular weight excluding hydrogens is 383 g/mol. The first-order valence-corrected chi connectivity index (χ1v) is 10.1. The van der Waals surface area contributed by atoms with Gasteiger partial charge in [-0.05, 0) is 37.9 Å². The van der Waals surface area contributed by atoms with Gasteiger partial charge in [0, 0.05) is 31.1 Å². The molecule has 0 unspecified atom stereocenters. The molecule has 2 atom stereocenters. The standard InChI is InChI=1S/C23H25FN4O2/c1-27(2)13-18-14-28(21(29)12-17-10-6-7-11-20(17)24)15-19(18)23-26-25-22(30-23)16-8-4-3-5-9-16/h3-11,18-19H,12-15H2,1-2H3/t18-,19-/m0/s1. The highest BCUT2D eigenvalue weighted by Crippen LogP contribution is 2.34. The van der Waals surface area contributed by atoms with E-state index in [-0.39, 0.29) is 30.0 Å². The van der Waals surface area contributed by atoms with Gasteiger partial charge in [-0.1, -0.05) is 36.4 Å². The van der Waals surface area contributed by atoms with E-state index in [1.165, 1.54) is 6.07 Å². The van der Waals surface area contributed by atoms with Gasteiger partial charge in [0.1, 0.15) is 5.82 Å². The lowest BCUT2D eigenvalue weighted by Gasteiger charge is -2.19. The van der Waals surface area contributed by atoms with Crippen molar-refractivity contribution in [2.75, 3.05) is 33.7 Å². The van der Waals surface area contributed by atoms with Crippen LogP contribution in [0, 0.1) is 11.7 Å². The molecule has 1 aliphatic rings. The van der Waals surface area contributed by atoms with Crippen molar-refractivity contribution in [1.29, 1.82) is 0 Å². The molecule has 0 spiro atoms. The Labute approximate surface area is 175 Å². The second-order valence-electron chi connectivity index (χ2n) is 8.01. The zero-order chi connectivity index (χ0) is 21.1. The first kappa shape index (κ1) is 20.2. The minimum Gasteiger partial charge on any atom is -0.420 e. The van der Waals surface area contributed by atoms with E-state index in [2.05, 4.69) is 15.1 Å². The molecule has 7 heteroatoms. The first-order chi connectivity index (χ1) is 14.5. The fraction of sp³-hybridized carbons (Fsp3) is 0.348. The van der Waals surface area contributed by atoms with Crippen molar-refractivity contribution < 1.29 is 13.6 Å². The fourth-order valence-electron chi connectivity index (χ4n) is 4.01. The molecule has 3 aromatic rings. The number of likely N-dealkylation sites (tertiary alicyclic amines) is 1. The Balaban J connectivity index is 1.53. The van der Waals surface area contributed by atoms with Crippen LogP contribution in [0.5, 0.6) is 0 Å². The van der Waals surface area contributed by atoms with Crippen LogP contribution in [0.15, 0.2) is 59.0 Å². The van der Waals surface area contributed by atoms with E-state index in [1.54, 1.807) is 23.1 Å². The van der Waals surface area contributed by atoms with Gasteiger partial charge in [-0.15, -0.1) is 10.2 Å². The highest BCUT2D eigenvalue weighted by atomic mass is 19.1. The van der Waals surface area contributed by atoms with Crippen LogP contribution >= 0.6 is 0 Å². The second kappa shape index (κ2) is 8.75. The number of nitrogens with zero attached hydrogens (tertiary/aromatic N) is 4. The van der Waals surface area contributed by atoms with E-state index >= 15 is 0 Å². The van der Waals surface area contributed by atoms with Gasteiger partial charge in [-0.2, -0.15) is 0 Å². The monoisotopic (exact) mass is 408 g/mol. The number of hydrogen-bond donors (Lipinski definition) is 0. The predicted octanol–water partition coefficient (Wildman–Crippen LogP) is 3.22. The van der Waals surface area contributed by atoms with Crippen LogP contribution in [-0.2, 0) is 11.2 Å². The molecule has 2 heterocycles. The molecule has 1 aromatic heterocycles. The third kappa shape index (κ3) is 4.41. The lowest BCUT2D eigenvalue weighted by Crippen LogP contribution is -2.32. The summed E-state index contributed by atoms with van der Waals surface area (Å²) in [5, 5.41) is 8.50. The van der Waals surface area contributed by atoms with E-state index in [1.807, 2.05) is 44.4 Å². The molecule has 6 nitrogen and oxygen atoms in total. The Morgan fingerprint density at radius 1 is 1.10 bits per heavy atom. The van der Waals surface area contributed by atoms with Crippen LogP contribution in [0.4, 0.5) is 4.39 Å². The minimum atomic E-state index is -0.351. The Hall–Kier alpha value is -3.06. The van der Waals surface area contributed by atoms with Crippen molar-refractivity contribution in [3.63, 3.8) is 0 Å². The number of halogens is 1. The molecule has 2 aromatic carbocycles. The molecular formula is C23H25FN4O2. The number of hydrogen-bond acceptors (Lipinski definition) is 5. The SMILES string of the molecule is CN(C)C[C@H]1CN(C(=O)Cc2ccccc2F)C[C@@H]1c1nnc(-c2ccccc2)o1. The molecule has 0 radical (unpaired) electrons. The third-order valence-electron chi connectivity index (χ3n) is 5.47. The molecule has 0 bridgehead atoms. The summed E-state index contributed by atoms with van der Waals surface area (Å²) in [7, 11) is 4.01. The lowest BCUT2D eigenvalue weighted by molar-refractivity contribution is -0.129. The van der Waals surface area contributed by atoms with Crippen LogP contribution < -0.4 is 0 Å². The largest absolute Gasteiger partial charge is 0.420 e. The smallest absolute Gasteiger partial charge is 0.247 e. The molecule has 4 rings (SSSR count).